The maximum Gasteiger partial charge on any atom is 0.337 e. The Labute approximate surface area is 131 Å². The van der Waals surface area contributed by atoms with Gasteiger partial charge in [-0.25, -0.2) is 4.79 Å². The van der Waals surface area contributed by atoms with E-state index in [9.17, 15) is 4.79 Å². The smallest absolute Gasteiger partial charge is 0.337 e. The van der Waals surface area contributed by atoms with Crippen molar-refractivity contribution in [2.24, 2.45) is 0 Å². The number of ether oxygens (including phenoxy) is 1. The second-order valence-corrected chi connectivity index (χ2v) is 8.75. The van der Waals surface area contributed by atoms with E-state index in [0.29, 0.717) is 6.61 Å². The van der Waals surface area contributed by atoms with Crippen LogP contribution in [0, 0.1) is 0 Å². The van der Waals surface area contributed by atoms with Crippen molar-refractivity contribution in [2.75, 3.05) is 19.8 Å². The molecule has 0 aromatic heterocycles. The van der Waals surface area contributed by atoms with Gasteiger partial charge in [0.2, 0.25) is 0 Å². The fraction of sp³-hybridized carbons (Fsp3) is 0.812. The van der Waals surface area contributed by atoms with Crippen molar-refractivity contribution < 1.29 is 18.4 Å². The van der Waals surface area contributed by atoms with Crippen molar-refractivity contribution in [2.45, 2.75) is 65.0 Å². The molecule has 0 fully saturated rings. The van der Waals surface area contributed by atoms with Gasteiger partial charge >= 0.3 is 14.5 Å². The maximum atomic E-state index is 11.0. The first-order chi connectivity index (χ1) is 10.1. The van der Waals surface area contributed by atoms with Crippen LogP contribution in [0.2, 0.25) is 12.1 Å². The topological polar surface area (TPSA) is 44.8 Å². The molecule has 0 aliphatic rings. The fourth-order valence-corrected chi connectivity index (χ4v) is 4.79. The average molecular weight is 317 g/mol. The van der Waals surface area contributed by atoms with E-state index in [4.69, 9.17) is 13.6 Å². The second-order valence-electron chi connectivity index (χ2n) is 5.14. The largest absolute Gasteiger partial charge is 0.463 e. The van der Waals surface area contributed by atoms with E-state index < -0.39 is 8.56 Å². The third kappa shape index (κ3) is 9.82. The summed E-state index contributed by atoms with van der Waals surface area (Å²) in [5.41, 5.74) is 0. The number of carbonyl (C=O) groups is 1. The highest BCUT2D eigenvalue weighted by Crippen LogP contribution is 2.22. The SMILES string of the molecule is C=CC(=O)OCCC[Si](CC)(OCCCC)OCCCC. The van der Waals surface area contributed by atoms with E-state index in [1.165, 1.54) is 6.08 Å². The molecule has 124 valence electrons. The van der Waals surface area contributed by atoms with Gasteiger partial charge in [0.15, 0.2) is 0 Å². The molecular formula is C16H32O4Si. The minimum absolute atomic E-state index is 0.363. The van der Waals surface area contributed by atoms with Crippen LogP contribution in [0.3, 0.4) is 0 Å². The lowest BCUT2D eigenvalue weighted by Crippen LogP contribution is -2.42. The van der Waals surface area contributed by atoms with Crippen molar-refractivity contribution in [3.63, 3.8) is 0 Å². The van der Waals surface area contributed by atoms with Crippen LogP contribution in [-0.2, 0) is 18.4 Å². The third-order valence-corrected chi connectivity index (χ3v) is 7.03. The molecular weight excluding hydrogens is 284 g/mol. The van der Waals surface area contributed by atoms with Gasteiger partial charge in [0.05, 0.1) is 6.61 Å². The van der Waals surface area contributed by atoms with Gasteiger partial charge in [-0.15, -0.1) is 0 Å². The van der Waals surface area contributed by atoms with Crippen molar-refractivity contribution in [1.82, 2.24) is 0 Å². The Bertz CT molecular complexity index is 271. The Morgan fingerprint density at radius 1 is 1.00 bits per heavy atom. The number of hydrogen-bond donors (Lipinski definition) is 0. The molecule has 0 atom stereocenters. The van der Waals surface area contributed by atoms with Gasteiger partial charge in [0, 0.05) is 19.3 Å². The summed E-state index contributed by atoms with van der Waals surface area (Å²) in [6.45, 7) is 11.8. The van der Waals surface area contributed by atoms with Crippen LogP contribution in [0.4, 0.5) is 0 Å². The molecule has 0 saturated carbocycles. The normalized spacial score (nSPS) is 11.4. The summed E-state index contributed by atoms with van der Waals surface area (Å²) in [5.74, 6) is -0.363. The van der Waals surface area contributed by atoms with Crippen molar-refractivity contribution in [3.05, 3.63) is 12.7 Å². The zero-order chi connectivity index (χ0) is 16.0. The molecule has 0 bridgehead atoms. The second kappa shape index (κ2) is 13.0. The zero-order valence-electron chi connectivity index (χ0n) is 14.0. The van der Waals surface area contributed by atoms with Gasteiger partial charge in [-0.2, -0.15) is 0 Å². The van der Waals surface area contributed by atoms with Gasteiger partial charge in [-0.1, -0.05) is 40.2 Å². The quantitative estimate of drug-likeness (QED) is 0.208. The van der Waals surface area contributed by atoms with Crippen LogP contribution in [0.15, 0.2) is 12.7 Å². The predicted molar refractivity (Wildman–Crippen MR) is 88.5 cm³/mol. The predicted octanol–water partition coefficient (Wildman–Crippen LogP) is 4.20. The van der Waals surface area contributed by atoms with Crippen LogP contribution in [0.1, 0.15) is 52.9 Å². The van der Waals surface area contributed by atoms with E-state index in [2.05, 4.69) is 27.4 Å². The van der Waals surface area contributed by atoms with Crippen LogP contribution >= 0.6 is 0 Å². The van der Waals surface area contributed by atoms with E-state index in [1.54, 1.807) is 0 Å². The summed E-state index contributed by atoms with van der Waals surface area (Å²) in [4.78, 5) is 11.0. The molecule has 0 rings (SSSR count). The fourth-order valence-electron chi connectivity index (χ4n) is 1.95. The van der Waals surface area contributed by atoms with Gasteiger partial charge in [-0.3, -0.25) is 0 Å². The van der Waals surface area contributed by atoms with E-state index >= 15 is 0 Å². The Balaban J connectivity index is 4.30. The van der Waals surface area contributed by atoms with E-state index in [0.717, 1.165) is 57.4 Å². The summed E-state index contributed by atoms with van der Waals surface area (Å²) in [7, 11) is -2.14. The number of esters is 1. The number of unbranched alkanes of at least 4 members (excludes halogenated alkanes) is 2. The third-order valence-electron chi connectivity index (χ3n) is 3.38. The Morgan fingerprint density at radius 3 is 2.00 bits per heavy atom. The number of rotatable bonds is 14. The Hall–Kier alpha value is -0.653. The first-order valence-electron chi connectivity index (χ1n) is 8.21. The molecule has 5 heteroatoms. The summed E-state index contributed by atoms with van der Waals surface area (Å²) >= 11 is 0. The van der Waals surface area contributed by atoms with Crippen molar-refractivity contribution in [1.29, 1.82) is 0 Å². The average Bonchev–Trinajstić information content (AvgIpc) is 2.51. The molecule has 0 aliphatic heterocycles. The molecule has 0 aromatic carbocycles. The van der Waals surface area contributed by atoms with Crippen LogP contribution in [0.5, 0.6) is 0 Å². The van der Waals surface area contributed by atoms with Gasteiger partial charge < -0.3 is 13.6 Å². The summed E-state index contributed by atoms with van der Waals surface area (Å²) in [5, 5.41) is 0. The van der Waals surface area contributed by atoms with Crippen molar-refractivity contribution in [3.8, 4) is 0 Å². The molecule has 0 N–H and O–H groups in total. The molecule has 0 radical (unpaired) electrons. The van der Waals surface area contributed by atoms with Crippen molar-refractivity contribution >= 4 is 14.5 Å². The van der Waals surface area contributed by atoms with Gasteiger partial charge in [-0.05, 0) is 31.4 Å². The minimum atomic E-state index is -2.14. The summed E-state index contributed by atoms with van der Waals surface area (Å²) in [6.07, 6.45) is 6.37. The molecule has 0 aliphatic carbocycles. The highest BCUT2D eigenvalue weighted by molar-refractivity contribution is 6.67. The number of carbonyl (C=O) groups excluding carboxylic acids is 1. The Kier molecular flexibility index (Phi) is 12.6. The standard InChI is InChI=1S/C16H32O4Si/c1-5-9-13-19-21(8-4,20-14-10-6-2)15-11-12-18-16(17)7-3/h7H,3,5-6,8-15H2,1-2,4H3. The molecule has 0 spiro atoms. The summed E-state index contributed by atoms with van der Waals surface area (Å²) < 4.78 is 17.3. The van der Waals surface area contributed by atoms with Crippen LogP contribution < -0.4 is 0 Å². The lowest BCUT2D eigenvalue weighted by atomic mass is 10.4. The molecule has 0 heterocycles. The first kappa shape index (κ1) is 20.3. The van der Waals surface area contributed by atoms with Crippen LogP contribution in [0.25, 0.3) is 0 Å². The molecule has 0 saturated heterocycles. The molecule has 4 nitrogen and oxygen atoms in total. The summed E-state index contributed by atoms with van der Waals surface area (Å²) in [6, 6.07) is 1.82. The lowest BCUT2D eigenvalue weighted by Gasteiger charge is -2.30. The molecule has 0 aromatic rings. The van der Waals surface area contributed by atoms with E-state index in [1.807, 2.05) is 0 Å². The number of hydrogen-bond acceptors (Lipinski definition) is 4. The van der Waals surface area contributed by atoms with E-state index in [-0.39, 0.29) is 5.97 Å². The van der Waals surface area contributed by atoms with Crippen LogP contribution in [-0.4, -0.2) is 34.4 Å². The zero-order valence-corrected chi connectivity index (χ0v) is 15.0. The van der Waals surface area contributed by atoms with Gasteiger partial charge in [0.1, 0.15) is 0 Å². The first-order valence-corrected chi connectivity index (χ1v) is 10.4. The highest BCUT2D eigenvalue weighted by atomic mass is 28.4. The molecule has 21 heavy (non-hydrogen) atoms. The van der Waals surface area contributed by atoms with Gasteiger partial charge in [0.25, 0.3) is 0 Å². The molecule has 0 amide bonds. The lowest BCUT2D eigenvalue weighted by molar-refractivity contribution is -0.137. The highest BCUT2D eigenvalue weighted by Gasteiger charge is 2.35. The Morgan fingerprint density at radius 2 is 1.57 bits per heavy atom. The monoisotopic (exact) mass is 316 g/mol. The maximum absolute atomic E-state index is 11.0. The minimum Gasteiger partial charge on any atom is -0.463 e. The molecule has 0 unspecified atom stereocenters.